The Morgan fingerprint density at radius 2 is 1.05 bits per heavy atom. The molecule has 0 radical (unpaired) electrons. The van der Waals surface area contributed by atoms with Crippen LogP contribution in [0.15, 0.2) is 109 Å². The highest BCUT2D eigenvalue weighted by molar-refractivity contribution is 5.88. The van der Waals surface area contributed by atoms with Gasteiger partial charge in [-0.25, -0.2) is 19.6 Å². The molecule has 0 bridgehead atoms. The first-order chi connectivity index (χ1) is 29.3. The topological polar surface area (TPSA) is 200 Å². The fourth-order valence-corrected chi connectivity index (χ4v) is 7.92. The van der Waals surface area contributed by atoms with E-state index in [1.165, 1.54) is 14.2 Å². The average molecular weight is 809 g/mol. The van der Waals surface area contributed by atoms with E-state index >= 15 is 0 Å². The van der Waals surface area contributed by atoms with E-state index in [-0.39, 0.29) is 23.9 Å². The zero-order valence-corrected chi connectivity index (χ0v) is 33.1. The summed E-state index contributed by atoms with van der Waals surface area (Å²) in [7, 11) is 2.54. The van der Waals surface area contributed by atoms with Gasteiger partial charge in [-0.1, -0.05) is 84.9 Å². The number of nitrogens with zero attached hydrogens (tertiary/aromatic N) is 6. The second kappa shape index (κ2) is 17.6. The highest BCUT2D eigenvalue weighted by Crippen LogP contribution is 2.36. The Hall–Kier alpha value is -7.36. The Labute approximate surface area is 345 Å². The molecule has 0 saturated carbocycles. The minimum absolute atomic E-state index is 0.229. The molecule has 6 aromatic rings. The first kappa shape index (κ1) is 39.5. The number of benzene rings is 3. The lowest BCUT2D eigenvalue weighted by Gasteiger charge is -2.28. The highest BCUT2D eigenvalue weighted by atomic mass is 16.5. The van der Waals surface area contributed by atoms with Crippen LogP contribution >= 0.6 is 0 Å². The Kier molecular flexibility index (Phi) is 11.6. The summed E-state index contributed by atoms with van der Waals surface area (Å²) >= 11 is 0. The maximum Gasteiger partial charge on any atom is 0.407 e. The van der Waals surface area contributed by atoms with Gasteiger partial charge in [-0.05, 0) is 54.5 Å². The molecule has 0 aliphatic carbocycles. The van der Waals surface area contributed by atoms with E-state index in [4.69, 9.17) is 9.47 Å². The number of imidazole rings is 2. The molecule has 4 amide bonds. The molecule has 0 spiro atoms. The van der Waals surface area contributed by atoms with Gasteiger partial charge in [-0.15, -0.1) is 10.2 Å². The molecular weight excluding hydrogens is 765 g/mol. The SMILES string of the molecule is COC(=O)N[C@@H](C(=O)N1CCC[C@@H]1c1ncc(-c2ccc(-c3ccc(-c4cnc([C@H]5CCCN5C(=O)[C@H](NC(=O)OC)c5ccccc5)[nH]4)nn3)cc2)[nH]1)c1ccccc1. The first-order valence-corrected chi connectivity index (χ1v) is 19.8. The van der Waals surface area contributed by atoms with Crippen LogP contribution in [0.3, 0.4) is 0 Å². The summed E-state index contributed by atoms with van der Waals surface area (Å²) in [5, 5.41) is 14.4. The molecule has 4 N–H and O–H groups in total. The van der Waals surface area contributed by atoms with E-state index in [1.54, 1.807) is 46.5 Å². The van der Waals surface area contributed by atoms with Crippen LogP contribution in [0.2, 0.25) is 0 Å². The van der Waals surface area contributed by atoms with Crippen molar-refractivity contribution in [2.75, 3.05) is 27.3 Å². The zero-order valence-electron chi connectivity index (χ0n) is 33.1. The summed E-state index contributed by atoms with van der Waals surface area (Å²) < 4.78 is 9.63. The van der Waals surface area contributed by atoms with Crippen molar-refractivity contribution in [1.29, 1.82) is 0 Å². The molecular formula is C44H44N10O6. The van der Waals surface area contributed by atoms with Crippen molar-refractivity contribution >= 4 is 24.0 Å². The van der Waals surface area contributed by atoms with Crippen LogP contribution < -0.4 is 10.6 Å². The van der Waals surface area contributed by atoms with Crippen LogP contribution in [0.4, 0.5) is 9.59 Å². The van der Waals surface area contributed by atoms with Gasteiger partial charge in [0.05, 0.1) is 55.8 Å². The molecule has 3 aromatic heterocycles. The molecule has 3 aromatic carbocycles. The van der Waals surface area contributed by atoms with E-state index in [2.05, 4.69) is 40.8 Å². The van der Waals surface area contributed by atoms with Gasteiger partial charge in [0.1, 0.15) is 29.4 Å². The number of carbonyl (C=O) groups excluding carboxylic acids is 4. The number of hydrogen-bond acceptors (Lipinski definition) is 10. The van der Waals surface area contributed by atoms with Crippen molar-refractivity contribution in [3.05, 3.63) is 132 Å². The predicted octanol–water partition coefficient (Wildman–Crippen LogP) is 6.45. The second-order valence-electron chi connectivity index (χ2n) is 14.6. The normalized spacial score (nSPS) is 17.2. The van der Waals surface area contributed by atoms with Crippen molar-refractivity contribution in [2.24, 2.45) is 0 Å². The van der Waals surface area contributed by atoms with Gasteiger partial charge < -0.3 is 39.9 Å². The lowest BCUT2D eigenvalue weighted by atomic mass is 10.0. The molecule has 306 valence electrons. The Balaban J connectivity index is 0.928. The van der Waals surface area contributed by atoms with E-state index in [0.717, 1.165) is 36.1 Å². The Morgan fingerprint density at radius 3 is 1.53 bits per heavy atom. The van der Waals surface area contributed by atoms with Crippen LogP contribution in [0.1, 0.15) is 72.6 Å². The third-order valence-corrected chi connectivity index (χ3v) is 11.0. The number of methoxy groups -OCH3 is 2. The molecule has 8 rings (SSSR count). The molecule has 2 aliphatic rings. The largest absolute Gasteiger partial charge is 0.453 e. The van der Waals surface area contributed by atoms with Crippen molar-refractivity contribution in [1.82, 2.24) is 50.6 Å². The quantitative estimate of drug-likeness (QED) is 0.113. The minimum Gasteiger partial charge on any atom is -0.453 e. The molecule has 4 atom stereocenters. The molecule has 2 fully saturated rings. The standard InChI is InChI=1S/C44H44N10O6/c1-59-43(57)49-37(29-11-5-3-6-12-29)41(55)53-23-9-15-35(53)39-45-25-33(47-39)28-19-17-27(18-20-28)31-21-22-32(52-51-31)34-26-46-40(48-34)36-16-10-24-54(36)42(56)38(50-44(58)60-2)30-13-7-4-8-14-30/h3-8,11-14,17-22,25-26,35-38H,9-10,15-16,23-24H2,1-2H3,(H,45,47)(H,46,48)(H,49,57)(H,50,58)/t35-,36-,37-,38-/m1/s1. The van der Waals surface area contributed by atoms with Crippen LogP contribution in [0.25, 0.3) is 33.9 Å². The summed E-state index contributed by atoms with van der Waals surface area (Å²) in [6.07, 6.45) is 5.12. The molecule has 16 heteroatoms. The van der Waals surface area contributed by atoms with Crippen LogP contribution in [0, 0.1) is 0 Å². The number of ether oxygens (including phenoxy) is 2. The number of H-pyrrole nitrogens is 2. The maximum atomic E-state index is 13.9. The molecule has 16 nitrogen and oxygen atoms in total. The van der Waals surface area contributed by atoms with Gasteiger partial charge in [0.15, 0.2) is 0 Å². The number of aromatic amines is 2. The van der Waals surface area contributed by atoms with Crippen LogP contribution in [0.5, 0.6) is 0 Å². The summed E-state index contributed by atoms with van der Waals surface area (Å²) in [5.41, 5.74) is 5.85. The van der Waals surface area contributed by atoms with E-state index in [1.807, 2.05) is 72.8 Å². The number of nitrogens with one attached hydrogen (secondary N) is 4. The summed E-state index contributed by atoms with van der Waals surface area (Å²) in [5.74, 6) is 0.828. The monoisotopic (exact) mass is 808 g/mol. The Morgan fingerprint density at radius 1 is 0.600 bits per heavy atom. The zero-order chi connectivity index (χ0) is 41.6. The van der Waals surface area contributed by atoms with Crippen molar-refractivity contribution in [3.8, 4) is 33.9 Å². The van der Waals surface area contributed by atoms with Gasteiger partial charge in [0, 0.05) is 18.7 Å². The van der Waals surface area contributed by atoms with E-state index < -0.39 is 24.3 Å². The minimum atomic E-state index is -0.906. The number of rotatable bonds is 11. The van der Waals surface area contributed by atoms with Crippen molar-refractivity contribution in [2.45, 2.75) is 49.9 Å². The number of amides is 4. The fraction of sp³-hybridized carbons (Fsp3) is 0.273. The third kappa shape index (κ3) is 8.30. The summed E-state index contributed by atoms with van der Waals surface area (Å²) in [6, 6.07) is 27.5. The molecule has 2 saturated heterocycles. The lowest BCUT2D eigenvalue weighted by Crippen LogP contribution is -2.42. The van der Waals surface area contributed by atoms with Crippen molar-refractivity contribution in [3.63, 3.8) is 0 Å². The fourth-order valence-electron chi connectivity index (χ4n) is 7.92. The Bertz CT molecular complexity index is 2270. The van der Waals surface area contributed by atoms with E-state index in [0.29, 0.717) is 59.4 Å². The number of likely N-dealkylation sites (tertiary alicyclic amines) is 2. The van der Waals surface area contributed by atoms with Crippen LogP contribution in [-0.2, 0) is 19.1 Å². The second-order valence-corrected chi connectivity index (χ2v) is 14.6. The van der Waals surface area contributed by atoms with Crippen LogP contribution in [-0.4, -0.2) is 91.2 Å². The highest BCUT2D eigenvalue weighted by Gasteiger charge is 2.38. The third-order valence-electron chi connectivity index (χ3n) is 11.0. The summed E-state index contributed by atoms with van der Waals surface area (Å²) in [4.78, 5) is 71.8. The van der Waals surface area contributed by atoms with Crippen molar-refractivity contribution < 1.29 is 28.7 Å². The lowest BCUT2D eigenvalue weighted by molar-refractivity contribution is -0.135. The number of carbonyl (C=O) groups is 4. The molecule has 0 unspecified atom stereocenters. The first-order valence-electron chi connectivity index (χ1n) is 19.8. The van der Waals surface area contributed by atoms with Gasteiger partial charge >= 0.3 is 12.2 Å². The molecule has 5 heterocycles. The number of aromatic nitrogens is 6. The van der Waals surface area contributed by atoms with Gasteiger partial charge in [0.25, 0.3) is 11.8 Å². The number of alkyl carbamates (subject to hydrolysis) is 2. The molecule has 60 heavy (non-hydrogen) atoms. The average Bonchev–Trinajstić information content (AvgIpc) is 4.15. The smallest absolute Gasteiger partial charge is 0.407 e. The molecule has 2 aliphatic heterocycles. The maximum absolute atomic E-state index is 13.9. The van der Waals surface area contributed by atoms with E-state index in [9.17, 15) is 19.2 Å². The van der Waals surface area contributed by atoms with Gasteiger partial charge in [0.2, 0.25) is 0 Å². The summed E-state index contributed by atoms with van der Waals surface area (Å²) in [6.45, 7) is 1.06. The number of hydrogen-bond donors (Lipinski definition) is 4. The van der Waals surface area contributed by atoms with Gasteiger partial charge in [-0.2, -0.15) is 0 Å². The predicted molar refractivity (Wildman–Crippen MR) is 219 cm³/mol. The van der Waals surface area contributed by atoms with Gasteiger partial charge in [-0.3, -0.25) is 9.59 Å².